The van der Waals surface area contributed by atoms with Gasteiger partial charge in [0, 0.05) is 0 Å². The van der Waals surface area contributed by atoms with Crippen molar-refractivity contribution in [1.82, 2.24) is 0 Å². The molecule has 1 aromatic carbocycles. The lowest BCUT2D eigenvalue weighted by Crippen LogP contribution is -2.10. The van der Waals surface area contributed by atoms with Crippen LogP contribution in [0.15, 0.2) is 24.3 Å². The minimum atomic E-state index is -4.30. The Morgan fingerprint density at radius 3 is 2.07 bits per heavy atom. The molecule has 88 valence electrons. The minimum absolute atomic E-state index is 0. The first-order chi connectivity index (χ1) is 5.97. The maximum atomic E-state index is 10.2. The molecule has 0 aliphatic carbocycles. The molecule has 0 aliphatic rings. The number of hydrogen-bond donors (Lipinski definition) is 0. The molecule has 0 heterocycles. The minimum Gasteiger partial charge on any atom is -0.745 e. The predicted octanol–water partition coefficient (Wildman–Crippen LogP) is 2.15. The lowest BCUT2D eigenvalue weighted by Gasteiger charge is -2.08. The van der Waals surface area contributed by atoms with Crippen LogP contribution in [0.1, 0.15) is 20.4 Å². The maximum Gasteiger partial charge on any atom is 0.177 e. The van der Waals surface area contributed by atoms with E-state index in [1.54, 1.807) is 24.3 Å². The first-order valence-electron chi connectivity index (χ1n) is 3.60. The monoisotopic (exact) mass is 233 g/mol. The molecule has 4 nitrogen and oxygen atoms in total. The Hall–Kier alpha value is -1.07. The second kappa shape index (κ2) is 6.42. The summed E-state index contributed by atoms with van der Waals surface area (Å²) in [5.41, 5.74) is 1.04. The molecule has 0 atom stereocenters. The first kappa shape index (κ1) is 16.4. The van der Waals surface area contributed by atoms with Crippen molar-refractivity contribution < 1.29 is 17.7 Å². The van der Waals surface area contributed by atoms with Crippen molar-refractivity contribution in [2.24, 2.45) is 0 Å². The zero-order chi connectivity index (χ0) is 9.90. The van der Waals surface area contributed by atoms with Gasteiger partial charge in [-0.3, -0.25) is 0 Å². The van der Waals surface area contributed by atoms with E-state index in [1.807, 2.05) is 6.92 Å². The number of aryl methyl sites for hydroxylation is 1. The molecule has 0 saturated heterocycles. The van der Waals surface area contributed by atoms with Crippen molar-refractivity contribution >= 4 is 10.1 Å². The van der Waals surface area contributed by atoms with E-state index in [0.717, 1.165) is 5.56 Å². The summed E-state index contributed by atoms with van der Waals surface area (Å²) in [4.78, 5) is 0. The van der Waals surface area contributed by atoms with Crippen LogP contribution < -0.4 is 4.74 Å². The molecule has 0 fully saturated rings. The van der Waals surface area contributed by atoms with E-state index in [-0.39, 0.29) is 14.9 Å². The molecule has 0 bridgehead atoms. The quantitative estimate of drug-likeness (QED) is 0.750. The van der Waals surface area contributed by atoms with Crippen LogP contribution in [-0.4, -0.2) is 18.9 Å². The number of hydrogen-bond acceptors (Lipinski definition) is 4. The van der Waals surface area contributed by atoms with Gasteiger partial charge >= 0.3 is 0 Å². The van der Waals surface area contributed by atoms with Crippen molar-refractivity contribution in [3.8, 4) is 5.75 Å². The molecule has 0 spiro atoms. The van der Waals surface area contributed by atoms with E-state index in [2.05, 4.69) is 0 Å². The molecule has 0 radical (unpaired) electrons. The fourth-order valence-corrected chi connectivity index (χ4v) is 1.06. The summed E-state index contributed by atoms with van der Waals surface area (Å²) in [5, 5.41) is 0. The van der Waals surface area contributed by atoms with Crippen molar-refractivity contribution in [3.05, 3.63) is 29.8 Å². The summed E-state index contributed by atoms with van der Waals surface area (Å²) in [5.74, 6) is -0.444. The van der Waals surface area contributed by atoms with Crippen LogP contribution in [0.3, 0.4) is 0 Å². The van der Waals surface area contributed by atoms with E-state index in [1.165, 1.54) is 0 Å². The highest BCUT2D eigenvalue weighted by Gasteiger charge is 1.96. The molecule has 0 unspecified atom stereocenters. The van der Waals surface area contributed by atoms with Gasteiger partial charge in [-0.05, 0) is 19.1 Å². The van der Waals surface area contributed by atoms with Gasteiger partial charge in [-0.15, -0.1) is 0 Å². The SMILES string of the molecule is C.C.Cc1ccc(OCS(=O)(=O)[O-])cc1. The molecule has 1 aromatic rings. The van der Waals surface area contributed by atoms with Gasteiger partial charge in [0.15, 0.2) is 5.94 Å². The van der Waals surface area contributed by atoms with Crippen LogP contribution in [0.25, 0.3) is 0 Å². The third-order valence-corrected chi connectivity index (χ3v) is 1.80. The molecule has 0 aromatic heterocycles. The molecule has 0 amide bonds. The summed E-state index contributed by atoms with van der Waals surface area (Å²) >= 11 is 0. The average Bonchev–Trinajstić information content (AvgIpc) is 2.02. The number of ether oxygens (including phenoxy) is 1. The summed E-state index contributed by atoms with van der Waals surface area (Å²) in [7, 11) is -4.30. The van der Waals surface area contributed by atoms with Crippen LogP contribution in [-0.2, 0) is 10.1 Å². The van der Waals surface area contributed by atoms with Crippen LogP contribution in [0.4, 0.5) is 0 Å². The fraction of sp³-hybridized carbons (Fsp3) is 0.400. The Bertz CT molecular complexity index is 367. The smallest absolute Gasteiger partial charge is 0.177 e. The van der Waals surface area contributed by atoms with Gasteiger partial charge < -0.3 is 9.29 Å². The van der Waals surface area contributed by atoms with Crippen molar-refractivity contribution in [2.75, 3.05) is 5.94 Å². The Morgan fingerprint density at radius 1 is 1.20 bits per heavy atom. The zero-order valence-electron chi connectivity index (χ0n) is 7.06. The van der Waals surface area contributed by atoms with Crippen molar-refractivity contribution in [3.63, 3.8) is 0 Å². The van der Waals surface area contributed by atoms with E-state index in [4.69, 9.17) is 4.74 Å². The fourth-order valence-electron chi connectivity index (χ4n) is 0.775. The predicted molar refractivity (Wildman–Crippen MR) is 59.8 cm³/mol. The normalized spacial score (nSPS) is 9.73. The second-order valence-corrected chi connectivity index (χ2v) is 3.98. The number of benzene rings is 1. The van der Waals surface area contributed by atoms with Gasteiger partial charge in [0.1, 0.15) is 15.9 Å². The van der Waals surface area contributed by atoms with E-state index >= 15 is 0 Å². The van der Waals surface area contributed by atoms with Gasteiger partial charge in [-0.2, -0.15) is 0 Å². The second-order valence-electron chi connectivity index (χ2n) is 2.63. The summed E-state index contributed by atoms with van der Waals surface area (Å²) in [6.45, 7) is 1.90. The van der Waals surface area contributed by atoms with Gasteiger partial charge in [-0.1, -0.05) is 32.5 Å². The molecule has 5 heteroatoms. The molecular formula is C10H17O4S-. The summed E-state index contributed by atoms with van der Waals surface area (Å²) in [6.07, 6.45) is 0. The Balaban J connectivity index is 0. The van der Waals surface area contributed by atoms with E-state index in [9.17, 15) is 13.0 Å². The zero-order valence-corrected chi connectivity index (χ0v) is 7.87. The molecule has 0 N–H and O–H groups in total. The van der Waals surface area contributed by atoms with Crippen molar-refractivity contribution in [1.29, 1.82) is 0 Å². The topological polar surface area (TPSA) is 66.4 Å². The Morgan fingerprint density at radius 2 is 1.67 bits per heavy atom. The third-order valence-electron chi connectivity index (χ3n) is 1.39. The molecule has 1 rings (SSSR count). The highest BCUT2D eigenvalue weighted by Crippen LogP contribution is 2.11. The highest BCUT2D eigenvalue weighted by atomic mass is 32.2. The van der Waals surface area contributed by atoms with Gasteiger partial charge in [0.25, 0.3) is 0 Å². The van der Waals surface area contributed by atoms with Crippen molar-refractivity contribution in [2.45, 2.75) is 21.8 Å². The molecular weight excluding hydrogens is 216 g/mol. The molecule has 0 saturated carbocycles. The maximum absolute atomic E-state index is 10.2. The lowest BCUT2D eigenvalue weighted by atomic mass is 10.2. The summed E-state index contributed by atoms with van der Waals surface area (Å²) in [6, 6.07) is 6.76. The molecule has 15 heavy (non-hydrogen) atoms. The largest absolute Gasteiger partial charge is 0.745 e. The first-order valence-corrected chi connectivity index (χ1v) is 5.18. The number of rotatable bonds is 3. The lowest BCUT2D eigenvalue weighted by molar-refractivity contribution is 0.347. The van der Waals surface area contributed by atoms with Gasteiger partial charge in [-0.25, -0.2) is 8.42 Å². The Labute approximate surface area is 91.6 Å². The van der Waals surface area contributed by atoms with Crippen LogP contribution in [0.5, 0.6) is 5.75 Å². The Kier molecular flexibility index (Phi) is 7.00. The van der Waals surface area contributed by atoms with Crippen LogP contribution in [0, 0.1) is 6.92 Å². The van der Waals surface area contributed by atoms with Gasteiger partial charge in [0.2, 0.25) is 0 Å². The third kappa shape index (κ3) is 6.93. The highest BCUT2D eigenvalue weighted by molar-refractivity contribution is 7.85. The van der Waals surface area contributed by atoms with E-state index < -0.39 is 16.1 Å². The molecule has 0 aliphatic heterocycles. The average molecular weight is 233 g/mol. The summed E-state index contributed by atoms with van der Waals surface area (Å²) < 4.78 is 35.3. The van der Waals surface area contributed by atoms with Crippen LogP contribution >= 0.6 is 0 Å². The standard InChI is InChI=1S/C8H10O4S.2CH4/c1-7-2-4-8(5-3-7)12-6-13(9,10)11;;/h2-5H,6H2,1H3,(H,9,10,11);2*1H4/p-1. The van der Waals surface area contributed by atoms with Crippen LogP contribution in [0.2, 0.25) is 0 Å². The van der Waals surface area contributed by atoms with E-state index in [0.29, 0.717) is 5.75 Å². The van der Waals surface area contributed by atoms with Gasteiger partial charge in [0.05, 0.1) is 0 Å².